The monoisotopic (exact) mass is 379 g/mol. The van der Waals surface area contributed by atoms with E-state index >= 15 is 0 Å². The van der Waals surface area contributed by atoms with Gasteiger partial charge in [0.1, 0.15) is 0 Å². The average Bonchev–Trinajstić information content (AvgIpc) is 2.68. The zero-order valence-electron chi connectivity index (χ0n) is 15.2. The Bertz CT molecular complexity index is 916. The van der Waals surface area contributed by atoms with Crippen molar-refractivity contribution < 1.29 is 26.9 Å². The summed E-state index contributed by atoms with van der Waals surface area (Å²) in [4.78, 5) is 11.0. The van der Waals surface area contributed by atoms with Crippen LogP contribution in [0.3, 0.4) is 0 Å². The molecule has 0 saturated heterocycles. The van der Waals surface area contributed by atoms with Gasteiger partial charge in [-0.25, -0.2) is 4.79 Å². The molecule has 0 amide bonds. The van der Waals surface area contributed by atoms with Crippen molar-refractivity contribution in [2.24, 2.45) is 0 Å². The highest BCUT2D eigenvalue weighted by Crippen LogP contribution is 2.10. The molecular weight excluding hydrogens is 358 g/mol. The molecule has 3 nitrogen and oxygen atoms in total. The molecular formula is C23H22ClNO2. The standard InChI is InChI=1S/C23H21NO2.ClH/c1-2-18-6-8-19(9-7-18)12-15-22-5-3-4-16-24(22)17-20-10-13-21(14-11-20)23(25)26;/h3-16H,2,17H2,1H3;1H/b15-12+;. The number of carbonyl (C=O) groups is 1. The Balaban J connectivity index is 0.00000261. The molecule has 1 heterocycles. The summed E-state index contributed by atoms with van der Waals surface area (Å²) in [5.41, 5.74) is 4.97. The summed E-state index contributed by atoms with van der Waals surface area (Å²) in [6.45, 7) is 2.84. The van der Waals surface area contributed by atoms with Crippen LogP contribution in [0.4, 0.5) is 0 Å². The first-order valence-corrected chi connectivity index (χ1v) is 8.73. The fourth-order valence-electron chi connectivity index (χ4n) is 2.78. The van der Waals surface area contributed by atoms with Crippen LogP contribution in [0.15, 0.2) is 72.9 Å². The van der Waals surface area contributed by atoms with Crippen molar-refractivity contribution >= 4 is 18.1 Å². The molecule has 0 spiro atoms. The molecule has 0 aliphatic rings. The number of aromatic nitrogens is 1. The number of pyridine rings is 1. The Morgan fingerprint density at radius 3 is 2.22 bits per heavy atom. The molecule has 0 unspecified atom stereocenters. The Morgan fingerprint density at radius 1 is 0.926 bits per heavy atom. The number of carboxylic acids is 1. The topological polar surface area (TPSA) is 41.2 Å². The van der Waals surface area contributed by atoms with Gasteiger partial charge in [0.15, 0.2) is 12.7 Å². The number of carboxylic acid groups (broad SMARTS) is 1. The smallest absolute Gasteiger partial charge is 0.335 e. The Morgan fingerprint density at radius 2 is 1.59 bits per heavy atom. The minimum absolute atomic E-state index is 0. The van der Waals surface area contributed by atoms with E-state index in [0.717, 1.165) is 17.7 Å². The molecule has 3 rings (SSSR count). The van der Waals surface area contributed by atoms with E-state index in [9.17, 15) is 4.79 Å². The predicted molar refractivity (Wildman–Crippen MR) is 104 cm³/mol. The number of halogens is 1. The summed E-state index contributed by atoms with van der Waals surface area (Å²) in [5.74, 6) is -0.901. The third kappa shape index (κ3) is 5.53. The second kappa shape index (κ2) is 9.70. The highest BCUT2D eigenvalue weighted by atomic mass is 35.5. The van der Waals surface area contributed by atoms with Crippen molar-refractivity contribution in [3.05, 3.63) is 101 Å². The predicted octanol–water partition coefficient (Wildman–Crippen LogP) is 1.46. The summed E-state index contributed by atoms with van der Waals surface area (Å²) in [6, 6.07) is 21.7. The van der Waals surface area contributed by atoms with E-state index in [2.05, 4.69) is 54.0 Å². The van der Waals surface area contributed by atoms with Crippen LogP contribution >= 0.6 is 0 Å². The van der Waals surface area contributed by atoms with E-state index in [1.807, 2.05) is 30.5 Å². The molecule has 0 atom stereocenters. The molecule has 2 aromatic carbocycles. The largest absolute Gasteiger partial charge is 1.00 e. The van der Waals surface area contributed by atoms with Crippen molar-refractivity contribution in [3.63, 3.8) is 0 Å². The molecule has 1 aromatic heterocycles. The quantitative estimate of drug-likeness (QED) is 0.659. The molecule has 1 N–H and O–H groups in total. The molecule has 4 heteroatoms. The van der Waals surface area contributed by atoms with E-state index in [0.29, 0.717) is 12.1 Å². The van der Waals surface area contributed by atoms with Gasteiger partial charge < -0.3 is 17.5 Å². The molecule has 3 aromatic rings. The maximum absolute atomic E-state index is 11.0. The number of benzene rings is 2. The van der Waals surface area contributed by atoms with Gasteiger partial charge in [0.25, 0.3) is 0 Å². The van der Waals surface area contributed by atoms with Gasteiger partial charge >= 0.3 is 5.97 Å². The van der Waals surface area contributed by atoms with E-state index in [4.69, 9.17) is 5.11 Å². The van der Waals surface area contributed by atoms with Crippen LogP contribution in [0, 0.1) is 0 Å². The maximum atomic E-state index is 11.0. The zero-order chi connectivity index (χ0) is 18.4. The first kappa shape index (κ1) is 20.4. The average molecular weight is 380 g/mol. The Kier molecular flexibility index (Phi) is 7.33. The van der Waals surface area contributed by atoms with Gasteiger partial charge in [-0.3, -0.25) is 0 Å². The van der Waals surface area contributed by atoms with Crippen LogP contribution in [0.2, 0.25) is 0 Å². The maximum Gasteiger partial charge on any atom is 0.335 e. The van der Waals surface area contributed by atoms with E-state index < -0.39 is 5.97 Å². The molecule has 0 fully saturated rings. The normalized spacial score (nSPS) is 10.6. The fraction of sp³-hybridized carbons (Fsp3) is 0.130. The Hall–Kier alpha value is -2.91. The third-order valence-corrected chi connectivity index (χ3v) is 4.36. The SMILES string of the molecule is CCc1ccc(/C=C/c2cccc[n+]2Cc2ccc(C(=O)O)cc2)cc1.[Cl-]. The number of aromatic carboxylic acids is 1. The van der Waals surface area contributed by atoms with Gasteiger partial charge in [-0.05, 0) is 41.8 Å². The second-order valence-corrected chi connectivity index (χ2v) is 6.18. The lowest BCUT2D eigenvalue weighted by Crippen LogP contribution is -3.00. The zero-order valence-corrected chi connectivity index (χ0v) is 15.9. The van der Waals surface area contributed by atoms with E-state index in [1.54, 1.807) is 12.1 Å². The lowest BCUT2D eigenvalue weighted by Gasteiger charge is -2.02. The van der Waals surface area contributed by atoms with Crippen molar-refractivity contribution in [1.82, 2.24) is 0 Å². The van der Waals surface area contributed by atoms with Crippen molar-refractivity contribution in [3.8, 4) is 0 Å². The first-order chi connectivity index (χ1) is 12.7. The molecule has 0 aliphatic carbocycles. The number of rotatable bonds is 6. The molecule has 138 valence electrons. The third-order valence-electron chi connectivity index (χ3n) is 4.36. The van der Waals surface area contributed by atoms with Gasteiger partial charge in [-0.15, -0.1) is 0 Å². The van der Waals surface area contributed by atoms with Gasteiger partial charge in [0, 0.05) is 23.8 Å². The van der Waals surface area contributed by atoms with E-state index in [-0.39, 0.29) is 12.4 Å². The minimum atomic E-state index is -0.901. The molecule has 0 aliphatic heterocycles. The second-order valence-electron chi connectivity index (χ2n) is 6.18. The lowest BCUT2D eigenvalue weighted by molar-refractivity contribution is -0.690. The summed E-state index contributed by atoms with van der Waals surface area (Å²) < 4.78 is 2.15. The van der Waals surface area contributed by atoms with E-state index in [1.165, 1.54) is 11.1 Å². The molecule has 0 bridgehead atoms. The molecule has 27 heavy (non-hydrogen) atoms. The first-order valence-electron chi connectivity index (χ1n) is 8.73. The minimum Gasteiger partial charge on any atom is -1.00 e. The van der Waals surface area contributed by atoms with Crippen molar-refractivity contribution in [2.75, 3.05) is 0 Å². The van der Waals surface area contributed by atoms with Crippen molar-refractivity contribution in [2.45, 2.75) is 19.9 Å². The summed E-state index contributed by atoms with van der Waals surface area (Å²) in [6.07, 6.45) is 7.29. The van der Waals surface area contributed by atoms with Crippen LogP contribution in [0.5, 0.6) is 0 Å². The summed E-state index contributed by atoms with van der Waals surface area (Å²) >= 11 is 0. The Labute approximate surface area is 166 Å². The number of hydrogen-bond acceptors (Lipinski definition) is 1. The summed E-state index contributed by atoms with van der Waals surface area (Å²) in [5, 5.41) is 9.01. The van der Waals surface area contributed by atoms with Crippen LogP contribution in [0.25, 0.3) is 12.2 Å². The highest BCUT2D eigenvalue weighted by molar-refractivity contribution is 5.87. The van der Waals surface area contributed by atoms with Gasteiger partial charge in [-0.2, -0.15) is 4.57 Å². The van der Waals surface area contributed by atoms with Gasteiger partial charge in [-0.1, -0.05) is 43.3 Å². The van der Waals surface area contributed by atoms with Gasteiger partial charge in [0.05, 0.1) is 5.56 Å². The molecule has 0 saturated carbocycles. The van der Waals surface area contributed by atoms with Crippen LogP contribution < -0.4 is 17.0 Å². The van der Waals surface area contributed by atoms with Gasteiger partial charge in [0.2, 0.25) is 5.69 Å². The fourth-order valence-corrected chi connectivity index (χ4v) is 2.78. The van der Waals surface area contributed by atoms with Crippen molar-refractivity contribution in [1.29, 1.82) is 0 Å². The lowest BCUT2D eigenvalue weighted by atomic mass is 10.1. The van der Waals surface area contributed by atoms with Crippen LogP contribution in [-0.4, -0.2) is 11.1 Å². The number of aryl methyl sites for hydroxylation is 1. The van der Waals surface area contributed by atoms with Crippen LogP contribution in [-0.2, 0) is 13.0 Å². The van der Waals surface area contributed by atoms with Crippen LogP contribution in [0.1, 0.15) is 39.7 Å². The summed E-state index contributed by atoms with van der Waals surface area (Å²) in [7, 11) is 0. The number of hydrogen-bond donors (Lipinski definition) is 1. The molecule has 0 radical (unpaired) electrons. The highest BCUT2D eigenvalue weighted by Gasteiger charge is 2.09. The number of nitrogens with zero attached hydrogens (tertiary/aromatic N) is 1.